The molecule has 0 bridgehead atoms. The van der Waals surface area contributed by atoms with E-state index in [0.29, 0.717) is 13.0 Å². The standard InChI is InChI=1S/C28H31N3O/c1-30(2)27(25-20-31(3)26-17-11-10-16-23(25)26)19-29-28(32)18-24(21-12-6-4-7-13-21)22-14-8-5-9-15-22/h4-17,20,24,27H,18-19H2,1-3H3,(H,29,32). The van der Waals surface area contributed by atoms with Crippen LogP contribution in [0.15, 0.2) is 91.1 Å². The van der Waals surface area contributed by atoms with Crippen LogP contribution in [0.2, 0.25) is 0 Å². The van der Waals surface area contributed by atoms with E-state index < -0.39 is 0 Å². The summed E-state index contributed by atoms with van der Waals surface area (Å²) in [5.41, 5.74) is 4.75. The normalized spacial score (nSPS) is 12.4. The number of benzene rings is 3. The molecule has 0 fully saturated rings. The quantitative estimate of drug-likeness (QED) is 0.425. The van der Waals surface area contributed by atoms with Gasteiger partial charge < -0.3 is 14.8 Å². The minimum Gasteiger partial charge on any atom is -0.354 e. The predicted octanol–water partition coefficient (Wildman–Crippen LogP) is 5.12. The van der Waals surface area contributed by atoms with Crippen LogP contribution in [0.1, 0.15) is 35.1 Å². The monoisotopic (exact) mass is 425 g/mol. The maximum Gasteiger partial charge on any atom is 0.221 e. The molecule has 3 aromatic carbocycles. The van der Waals surface area contributed by atoms with E-state index in [1.54, 1.807) is 0 Å². The molecule has 4 aromatic rings. The number of fused-ring (bicyclic) bond motifs is 1. The van der Waals surface area contributed by atoms with Gasteiger partial charge in [-0.15, -0.1) is 0 Å². The molecule has 1 heterocycles. The first kappa shape index (κ1) is 21.8. The zero-order chi connectivity index (χ0) is 22.5. The maximum atomic E-state index is 13.1. The van der Waals surface area contributed by atoms with Crippen molar-refractivity contribution in [2.75, 3.05) is 20.6 Å². The highest BCUT2D eigenvalue weighted by Gasteiger charge is 2.22. The zero-order valence-corrected chi connectivity index (χ0v) is 19.0. The number of aryl methyl sites for hydroxylation is 1. The molecule has 1 unspecified atom stereocenters. The van der Waals surface area contributed by atoms with Crippen LogP contribution < -0.4 is 5.32 Å². The molecule has 1 atom stereocenters. The van der Waals surface area contributed by atoms with Gasteiger partial charge in [-0.2, -0.15) is 0 Å². The van der Waals surface area contributed by atoms with Gasteiger partial charge >= 0.3 is 0 Å². The summed E-state index contributed by atoms with van der Waals surface area (Å²) in [6, 6.07) is 29.1. The average molecular weight is 426 g/mol. The Balaban J connectivity index is 1.52. The van der Waals surface area contributed by atoms with Gasteiger partial charge in [-0.1, -0.05) is 78.9 Å². The summed E-state index contributed by atoms with van der Waals surface area (Å²) in [6.45, 7) is 0.566. The molecule has 1 amide bonds. The fraction of sp³-hybridized carbons (Fsp3) is 0.250. The molecular formula is C28H31N3O. The third kappa shape index (κ3) is 4.76. The van der Waals surface area contributed by atoms with Crippen molar-refractivity contribution in [3.63, 3.8) is 0 Å². The van der Waals surface area contributed by atoms with Crippen LogP contribution in [0.5, 0.6) is 0 Å². The first-order valence-electron chi connectivity index (χ1n) is 11.1. The Hall–Kier alpha value is -3.37. The van der Waals surface area contributed by atoms with Gasteiger partial charge in [0.1, 0.15) is 0 Å². The molecule has 1 aromatic heterocycles. The number of nitrogens with one attached hydrogen (secondary N) is 1. The average Bonchev–Trinajstić information content (AvgIpc) is 3.15. The van der Waals surface area contributed by atoms with E-state index in [9.17, 15) is 4.79 Å². The number of likely N-dealkylation sites (N-methyl/N-ethyl adjacent to an activating group) is 1. The summed E-state index contributed by atoms with van der Waals surface area (Å²) in [7, 11) is 6.20. The molecule has 0 aliphatic carbocycles. The second-order valence-corrected chi connectivity index (χ2v) is 8.57. The van der Waals surface area contributed by atoms with Crippen LogP contribution >= 0.6 is 0 Å². The molecule has 32 heavy (non-hydrogen) atoms. The fourth-order valence-electron chi connectivity index (χ4n) is 4.48. The van der Waals surface area contributed by atoms with E-state index in [0.717, 1.165) is 11.1 Å². The molecule has 164 valence electrons. The predicted molar refractivity (Wildman–Crippen MR) is 132 cm³/mol. The minimum absolute atomic E-state index is 0.0350. The summed E-state index contributed by atoms with van der Waals surface area (Å²) in [4.78, 5) is 15.3. The third-order valence-corrected chi connectivity index (χ3v) is 6.20. The fourth-order valence-corrected chi connectivity index (χ4v) is 4.48. The highest BCUT2D eigenvalue weighted by Crippen LogP contribution is 2.30. The third-order valence-electron chi connectivity index (χ3n) is 6.20. The Bertz CT molecular complexity index is 1130. The Kier molecular flexibility index (Phi) is 6.72. The van der Waals surface area contributed by atoms with Gasteiger partial charge in [0.25, 0.3) is 0 Å². The van der Waals surface area contributed by atoms with Crippen molar-refractivity contribution in [1.29, 1.82) is 0 Å². The van der Waals surface area contributed by atoms with Gasteiger partial charge in [0.2, 0.25) is 5.91 Å². The number of nitrogens with zero attached hydrogens (tertiary/aromatic N) is 2. The van der Waals surface area contributed by atoms with Gasteiger partial charge in [-0.3, -0.25) is 4.79 Å². The van der Waals surface area contributed by atoms with Crippen molar-refractivity contribution in [3.05, 3.63) is 108 Å². The number of aromatic nitrogens is 1. The second kappa shape index (κ2) is 9.84. The van der Waals surface area contributed by atoms with E-state index >= 15 is 0 Å². The van der Waals surface area contributed by atoms with Crippen LogP contribution in [-0.4, -0.2) is 36.0 Å². The SMILES string of the molecule is CN(C)C(CNC(=O)CC(c1ccccc1)c1ccccc1)c1cn(C)c2ccccc12. The van der Waals surface area contributed by atoms with E-state index in [-0.39, 0.29) is 17.9 Å². The first-order chi connectivity index (χ1) is 15.5. The van der Waals surface area contributed by atoms with Gasteiger partial charge in [0.05, 0.1) is 6.04 Å². The van der Waals surface area contributed by atoms with Crippen LogP contribution in [0, 0.1) is 0 Å². The smallest absolute Gasteiger partial charge is 0.221 e. The van der Waals surface area contributed by atoms with Gasteiger partial charge in [0, 0.05) is 43.0 Å². The summed E-state index contributed by atoms with van der Waals surface area (Å²) >= 11 is 0. The molecule has 0 aliphatic rings. The van der Waals surface area contributed by atoms with E-state index in [1.807, 2.05) is 36.4 Å². The van der Waals surface area contributed by atoms with E-state index in [1.165, 1.54) is 16.5 Å². The molecule has 4 nitrogen and oxygen atoms in total. The Morgan fingerprint density at radius 2 is 1.44 bits per heavy atom. The molecular weight excluding hydrogens is 394 g/mol. The number of carbonyl (C=O) groups is 1. The summed E-state index contributed by atoms with van der Waals surface area (Å²) in [5.74, 6) is 0.0996. The maximum absolute atomic E-state index is 13.1. The van der Waals surface area contributed by atoms with Crippen LogP contribution in [0.25, 0.3) is 10.9 Å². The van der Waals surface area contributed by atoms with Gasteiger partial charge in [-0.05, 0) is 36.9 Å². The number of hydrogen-bond acceptors (Lipinski definition) is 2. The molecule has 0 saturated carbocycles. The molecule has 0 radical (unpaired) electrons. The Morgan fingerprint density at radius 3 is 2.03 bits per heavy atom. The number of amides is 1. The summed E-state index contributed by atoms with van der Waals surface area (Å²) in [5, 5.41) is 4.45. The summed E-state index contributed by atoms with van der Waals surface area (Å²) < 4.78 is 2.16. The topological polar surface area (TPSA) is 37.3 Å². The largest absolute Gasteiger partial charge is 0.354 e. The highest BCUT2D eigenvalue weighted by atomic mass is 16.1. The molecule has 0 aliphatic heterocycles. The molecule has 1 N–H and O–H groups in total. The number of rotatable bonds is 8. The minimum atomic E-state index is 0.0350. The Morgan fingerprint density at radius 1 is 0.875 bits per heavy atom. The van der Waals surface area contributed by atoms with Gasteiger partial charge in [-0.25, -0.2) is 0 Å². The van der Waals surface area contributed by atoms with Crippen molar-refractivity contribution in [3.8, 4) is 0 Å². The van der Waals surface area contributed by atoms with Crippen LogP contribution in [-0.2, 0) is 11.8 Å². The molecule has 4 rings (SSSR count). The number of hydrogen-bond donors (Lipinski definition) is 1. The van der Waals surface area contributed by atoms with Crippen LogP contribution in [0.4, 0.5) is 0 Å². The van der Waals surface area contributed by atoms with Crippen molar-refractivity contribution < 1.29 is 4.79 Å². The van der Waals surface area contributed by atoms with E-state index in [2.05, 4.69) is 90.7 Å². The molecule has 0 spiro atoms. The molecule has 4 heteroatoms. The van der Waals surface area contributed by atoms with E-state index in [4.69, 9.17) is 0 Å². The lowest BCUT2D eigenvalue weighted by Gasteiger charge is -2.25. The highest BCUT2D eigenvalue weighted by molar-refractivity contribution is 5.84. The van der Waals surface area contributed by atoms with Crippen molar-refractivity contribution in [1.82, 2.24) is 14.8 Å². The van der Waals surface area contributed by atoms with Crippen molar-refractivity contribution in [2.45, 2.75) is 18.4 Å². The second-order valence-electron chi connectivity index (χ2n) is 8.57. The van der Waals surface area contributed by atoms with Crippen molar-refractivity contribution >= 4 is 16.8 Å². The molecule has 0 saturated heterocycles. The summed E-state index contributed by atoms with van der Waals surface area (Å²) in [6.07, 6.45) is 2.60. The Labute approximate surface area is 190 Å². The first-order valence-corrected chi connectivity index (χ1v) is 11.1. The number of para-hydroxylation sites is 1. The lowest BCUT2D eigenvalue weighted by Crippen LogP contribution is -2.35. The number of carbonyl (C=O) groups excluding carboxylic acids is 1. The lowest BCUT2D eigenvalue weighted by atomic mass is 9.88. The van der Waals surface area contributed by atoms with Crippen LogP contribution in [0.3, 0.4) is 0 Å². The van der Waals surface area contributed by atoms with Gasteiger partial charge in [0.15, 0.2) is 0 Å². The zero-order valence-electron chi connectivity index (χ0n) is 19.0. The van der Waals surface area contributed by atoms with Crippen molar-refractivity contribution in [2.24, 2.45) is 7.05 Å². The lowest BCUT2D eigenvalue weighted by molar-refractivity contribution is -0.121.